The molecule has 0 atom stereocenters. The molecule has 18 heavy (non-hydrogen) atoms. The summed E-state index contributed by atoms with van der Waals surface area (Å²) in [7, 11) is 5.87. The van der Waals surface area contributed by atoms with Crippen molar-refractivity contribution in [3.05, 3.63) is 11.9 Å². The number of rotatable bonds is 6. The molecule has 0 aliphatic carbocycles. The first-order valence-electron chi connectivity index (χ1n) is 6.09. The minimum atomic E-state index is 0.0139. The number of nitrogens with zero attached hydrogens (tertiary/aromatic N) is 3. The molecule has 0 bridgehead atoms. The molecule has 2 N–H and O–H groups in total. The van der Waals surface area contributed by atoms with Gasteiger partial charge in [-0.15, -0.1) is 0 Å². The number of nitrogens with one attached hydrogen (secondary N) is 2. The lowest BCUT2D eigenvalue weighted by Crippen LogP contribution is -2.37. The molecule has 1 rings (SSSR count). The van der Waals surface area contributed by atoms with Gasteiger partial charge in [-0.2, -0.15) is 0 Å². The summed E-state index contributed by atoms with van der Waals surface area (Å²) in [6.45, 7) is 4.84. The fourth-order valence-electron chi connectivity index (χ4n) is 1.69. The van der Waals surface area contributed by atoms with Crippen LogP contribution < -0.4 is 15.5 Å². The Bertz CT molecular complexity index is 397. The average molecular weight is 253 g/mol. The lowest BCUT2D eigenvalue weighted by Gasteiger charge is -2.13. The number of carbonyl (C=O) groups excluding carboxylic acids is 1. The molecule has 0 unspecified atom stereocenters. The average Bonchev–Trinajstić information content (AvgIpc) is 2.59. The zero-order chi connectivity index (χ0) is 13.7. The van der Waals surface area contributed by atoms with Gasteiger partial charge < -0.3 is 20.1 Å². The van der Waals surface area contributed by atoms with Gasteiger partial charge in [0.2, 0.25) is 11.9 Å². The van der Waals surface area contributed by atoms with Gasteiger partial charge in [0.1, 0.15) is 0 Å². The highest BCUT2D eigenvalue weighted by molar-refractivity contribution is 5.78. The maximum absolute atomic E-state index is 11.4. The summed E-state index contributed by atoms with van der Waals surface area (Å²) in [6.07, 6.45) is 1.82. The number of hydrogen-bond acceptors (Lipinski definition) is 4. The third-order valence-electron chi connectivity index (χ3n) is 2.50. The summed E-state index contributed by atoms with van der Waals surface area (Å²) < 4.78 is 2.01. The van der Waals surface area contributed by atoms with Gasteiger partial charge in [-0.05, 0) is 13.8 Å². The number of hydrogen-bond donors (Lipinski definition) is 2. The number of amides is 1. The molecule has 1 heterocycles. The second-order valence-electron chi connectivity index (χ2n) is 4.83. The Labute approximate surface area is 108 Å². The van der Waals surface area contributed by atoms with E-state index in [-0.39, 0.29) is 11.9 Å². The zero-order valence-corrected chi connectivity index (χ0v) is 11.8. The van der Waals surface area contributed by atoms with Crippen LogP contribution in [-0.4, -0.2) is 42.1 Å². The van der Waals surface area contributed by atoms with E-state index in [9.17, 15) is 4.79 Å². The Hall–Kier alpha value is -1.56. The molecule has 0 aliphatic heterocycles. The first-order valence-corrected chi connectivity index (χ1v) is 6.09. The number of imidazole rings is 1. The number of carbonyl (C=O) groups is 1. The van der Waals surface area contributed by atoms with E-state index in [2.05, 4.69) is 15.6 Å². The minimum absolute atomic E-state index is 0.0139. The van der Waals surface area contributed by atoms with Gasteiger partial charge in [-0.25, -0.2) is 4.98 Å². The van der Waals surface area contributed by atoms with E-state index in [0.29, 0.717) is 13.1 Å². The van der Waals surface area contributed by atoms with Crippen molar-refractivity contribution in [1.29, 1.82) is 0 Å². The van der Waals surface area contributed by atoms with Gasteiger partial charge in [0, 0.05) is 33.7 Å². The largest absolute Gasteiger partial charge is 0.353 e. The fourth-order valence-corrected chi connectivity index (χ4v) is 1.69. The van der Waals surface area contributed by atoms with Gasteiger partial charge >= 0.3 is 0 Å². The van der Waals surface area contributed by atoms with Crippen LogP contribution in [0.15, 0.2) is 6.20 Å². The summed E-state index contributed by atoms with van der Waals surface area (Å²) in [4.78, 5) is 17.7. The second kappa shape index (κ2) is 6.39. The molecule has 0 spiro atoms. The standard InChI is InChI=1S/C12H23N5O/c1-9(2)15-11(18)8-13-6-10-7-14-12(16(3)4)17(10)5/h7,9,13H,6,8H2,1-5H3,(H,15,18). The number of anilines is 1. The quantitative estimate of drug-likeness (QED) is 0.755. The van der Waals surface area contributed by atoms with Crippen molar-refractivity contribution in [1.82, 2.24) is 20.2 Å². The SMILES string of the molecule is CC(C)NC(=O)CNCc1cnc(N(C)C)n1C. The minimum Gasteiger partial charge on any atom is -0.353 e. The van der Waals surface area contributed by atoms with E-state index >= 15 is 0 Å². The molecular formula is C12H23N5O. The molecule has 0 radical (unpaired) electrons. The van der Waals surface area contributed by atoms with E-state index < -0.39 is 0 Å². The van der Waals surface area contributed by atoms with Crippen molar-refractivity contribution >= 4 is 11.9 Å². The normalized spacial score (nSPS) is 10.8. The van der Waals surface area contributed by atoms with E-state index in [1.807, 2.05) is 50.7 Å². The molecule has 6 nitrogen and oxygen atoms in total. The maximum Gasteiger partial charge on any atom is 0.234 e. The maximum atomic E-state index is 11.4. The summed E-state index contributed by atoms with van der Waals surface area (Å²) in [5.74, 6) is 0.915. The molecule has 0 fully saturated rings. The van der Waals surface area contributed by atoms with Crippen LogP contribution in [0.25, 0.3) is 0 Å². The third kappa shape index (κ3) is 4.03. The van der Waals surface area contributed by atoms with Crippen molar-refractivity contribution in [2.24, 2.45) is 7.05 Å². The van der Waals surface area contributed by atoms with Gasteiger partial charge in [-0.1, -0.05) is 0 Å². The van der Waals surface area contributed by atoms with Crippen LogP contribution in [0.1, 0.15) is 19.5 Å². The Kier molecular flexibility index (Phi) is 5.15. The number of aromatic nitrogens is 2. The van der Waals surface area contributed by atoms with Crippen molar-refractivity contribution < 1.29 is 4.79 Å². The molecule has 0 aromatic carbocycles. The van der Waals surface area contributed by atoms with Gasteiger partial charge in [0.25, 0.3) is 0 Å². The highest BCUT2D eigenvalue weighted by atomic mass is 16.1. The van der Waals surface area contributed by atoms with Crippen LogP contribution in [-0.2, 0) is 18.4 Å². The van der Waals surface area contributed by atoms with Crippen molar-refractivity contribution in [2.75, 3.05) is 25.5 Å². The first kappa shape index (κ1) is 14.5. The third-order valence-corrected chi connectivity index (χ3v) is 2.50. The molecular weight excluding hydrogens is 230 g/mol. The lowest BCUT2D eigenvalue weighted by atomic mass is 10.4. The Morgan fingerprint density at radius 1 is 1.50 bits per heavy atom. The fraction of sp³-hybridized carbons (Fsp3) is 0.667. The summed E-state index contributed by atoms with van der Waals surface area (Å²) in [6, 6.07) is 0.177. The van der Waals surface area contributed by atoms with E-state index in [1.54, 1.807) is 0 Å². The summed E-state index contributed by atoms with van der Waals surface area (Å²) >= 11 is 0. The van der Waals surface area contributed by atoms with Crippen LogP contribution in [0.2, 0.25) is 0 Å². The molecule has 0 saturated carbocycles. The van der Waals surface area contributed by atoms with Crippen LogP contribution in [0.3, 0.4) is 0 Å². The van der Waals surface area contributed by atoms with Crippen molar-refractivity contribution in [3.8, 4) is 0 Å². The molecule has 1 aromatic heterocycles. The van der Waals surface area contributed by atoms with Crippen LogP contribution >= 0.6 is 0 Å². The highest BCUT2D eigenvalue weighted by Gasteiger charge is 2.08. The zero-order valence-electron chi connectivity index (χ0n) is 11.8. The lowest BCUT2D eigenvalue weighted by molar-refractivity contribution is -0.120. The highest BCUT2D eigenvalue weighted by Crippen LogP contribution is 2.10. The smallest absolute Gasteiger partial charge is 0.234 e. The molecule has 1 amide bonds. The molecule has 1 aromatic rings. The molecule has 6 heteroatoms. The van der Waals surface area contributed by atoms with Crippen LogP contribution in [0, 0.1) is 0 Å². The predicted molar refractivity (Wildman–Crippen MR) is 72.5 cm³/mol. The van der Waals surface area contributed by atoms with Crippen LogP contribution in [0.4, 0.5) is 5.95 Å². The molecule has 0 aliphatic rings. The second-order valence-corrected chi connectivity index (χ2v) is 4.83. The Balaban J connectivity index is 2.42. The van der Waals surface area contributed by atoms with Gasteiger partial charge in [0.05, 0.1) is 18.4 Å². The van der Waals surface area contributed by atoms with Crippen molar-refractivity contribution in [2.45, 2.75) is 26.4 Å². The monoisotopic (exact) mass is 253 g/mol. The Morgan fingerprint density at radius 2 is 2.17 bits per heavy atom. The van der Waals surface area contributed by atoms with Gasteiger partial charge in [-0.3, -0.25) is 4.79 Å². The summed E-state index contributed by atoms with van der Waals surface area (Å²) in [5, 5.41) is 5.94. The molecule has 0 saturated heterocycles. The van der Waals surface area contributed by atoms with E-state index in [0.717, 1.165) is 11.6 Å². The Morgan fingerprint density at radius 3 is 2.67 bits per heavy atom. The van der Waals surface area contributed by atoms with E-state index in [1.165, 1.54) is 0 Å². The van der Waals surface area contributed by atoms with Crippen molar-refractivity contribution in [3.63, 3.8) is 0 Å². The summed E-state index contributed by atoms with van der Waals surface area (Å²) in [5.41, 5.74) is 1.05. The topological polar surface area (TPSA) is 62.2 Å². The first-order chi connectivity index (χ1) is 8.41. The van der Waals surface area contributed by atoms with E-state index in [4.69, 9.17) is 0 Å². The predicted octanol–water partition coefficient (Wildman–Crippen LogP) is 0.100. The van der Waals surface area contributed by atoms with Crippen LogP contribution in [0.5, 0.6) is 0 Å². The van der Waals surface area contributed by atoms with Gasteiger partial charge in [0.15, 0.2) is 0 Å². The molecule has 102 valence electrons.